The zero-order chi connectivity index (χ0) is 6.53. The van der Waals surface area contributed by atoms with E-state index in [-0.39, 0.29) is 0 Å². The van der Waals surface area contributed by atoms with Gasteiger partial charge in [0.05, 0.1) is 18.2 Å². The molecule has 0 unspecified atom stereocenters. The monoisotopic (exact) mass is 186 g/mol. The van der Waals surface area contributed by atoms with E-state index in [1.807, 2.05) is 12.2 Å². The number of H-pyrrole nitrogens is 1. The summed E-state index contributed by atoms with van der Waals surface area (Å²) in [7, 11) is 0. The van der Waals surface area contributed by atoms with Crippen molar-refractivity contribution in [2.75, 3.05) is 5.33 Å². The number of aromatic nitrogens is 2. The quantitative estimate of drug-likeness (QED) is 0.702. The van der Waals surface area contributed by atoms with Crippen molar-refractivity contribution in [2.24, 2.45) is 0 Å². The Labute approximate surface area is 62.1 Å². The van der Waals surface area contributed by atoms with Crippen LogP contribution in [0.25, 0.3) is 6.08 Å². The van der Waals surface area contributed by atoms with E-state index in [1.165, 1.54) is 0 Å². The van der Waals surface area contributed by atoms with Gasteiger partial charge in [-0.05, 0) is 6.08 Å². The molecule has 0 saturated carbocycles. The predicted molar refractivity (Wildman–Crippen MR) is 41.4 cm³/mol. The predicted octanol–water partition coefficient (Wildman–Crippen LogP) is 1.82. The molecule has 9 heavy (non-hydrogen) atoms. The molecule has 0 aromatic carbocycles. The van der Waals surface area contributed by atoms with E-state index in [2.05, 4.69) is 25.9 Å². The summed E-state index contributed by atoms with van der Waals surface area (Å²) in [5, 5.41) is 0.881. The van der Waals surface area contributed by atoms with Gasteiger partial charge in [0.2, 0.25) is 0 Å². The van der Waals surface area contributed by atoms with Crippen LogP contribution in [0.1, 0.15) is 5.69 Å². The number of allylic oxidation sites excluding steroid dienone is 1. The highest BCUT2D eigenvalue weighted by Gasteiger charge is 1.81. The van der Waals surface area contributed by atoms with Crippen LogP contribution in [0.15, 0.2) is 18.6 Å². The molecule has 1 aromatic rings. The van der Waals surface area contributed by atoms with Crippen molar-refractivity contribution in [1.82, 2.24) is 9.97 Å². The summed E-state index contributed by atoms with van der Waals surface area (Å²) < 4.78 is 0. The van der Waals surface area contributed by atoms with Crippen LogP contribution in [0.3, 0.4) is 0 Å². The van der Waals surface area contributed by atoms with Crippen molar-refractivity contribution in [3.05, 3.63) is 24.3 Å². The van der Waals surface area contributed by atoms with Crippen LogP contribution in [-0.4, -0.2) is 15.3 Å². The highest BCUT2D eigenvalue weighted by atomic mass is 79.9. The number of aromatic amines is 1. The fourth-order valence-electron chi connectivity index (χ4n) is 0.529. The maximum atomic E-state index is 3.85. The first kappa shape index (κ1) is 6.55. The van der Waals surface area contributed by atoms with Crippen LogP contribution in [-0.2, 0) is 0 Å². The molecule has 0 spiro atoms. The van der Waals surface area contributed by atoms with Gasteiger partial charge in [0, 0.05) is 5.33 Å². The number of rotatable bonds is 2. The fraction of sp³-hybridized carbons (Fsp3) is 0.167. The topological polar surface area (TPSA) is 28.7 Å². The molecule has 0 amide bonds. The molecule has 48 valence electrons. The normalized spacial score (nSPS) is 10.8. The van der Waals surface area contributed by atoms with Crippen LogP contribution >= 0.6 is 15.9 Å². The van der Waals surface area contributed by atoms with E-state index in [1.54, 1.807) is 12.5 Å². The van der Waals surface area contributed by atoms with Gasteiger partial charge in [0.25, 0.3) is 0 Å². The van der Waals surface area contributed by atoms with Crippen LogP contribution in [0.5, 0.6) is 0 Å². The molecular weight excluding hydrogens is 180 g/mol. The Morgan fingerprint density at radius 1 is 1.78 bits per heavy atom. The summed E-state index contributed by atoms with van der Waals surface area (Å²) in [4.78, 5) is 6.81. The molecule has 1 heterocycles. The lowest BCUT2D eigenvalue weighted by atomic mass is 10.4. The lowest BCUT2D eigenvalue weighted by Gasteiger charge is -1.78. The highest BCUT2D eigenvalue weighted by molar-refractivity contribution is 9.09. The number of halogens is 1. The lowest BCUT2D eigenvalue weighted by Crippen LogP contribution is -1.66. The molecule has 1 aromatic heterocycles. The first-order valence-electron chi connectivity index (χ1n) is 2.64. The molecule has 1 rings (SSSR count). The summed E-state index contributed by atoms with van der Waals surface area (Å²) >= 11 is 3.27. The van der Waals surface area contributed by atoms with Crippen LogP contribution in [0.4, 0.5) is 0 Å². The van der Waals surface area contributed by atoms with Crippen molar-refractivity contribution in [2.45, 2.75) is 0 Å². The Bertz CT molecular complexity index is 179. The standard InChI is InChI=1S/C6H7BrN2/c7-3-1-2-6-4-8-5-9-6/h1-2,4-5H,3H2,(H,8,9). The van der Waals surface area contributed by atoms with Crippen LogP contribution in [0, 0.1) is 0 Å². The van der Waals surface area contributed by atoms with Gasteiger partial charge in [-0.2, -0.15) is 0 Å². The summed E-state index contributed by atoms with van der Waals surface area (Å²) in [5.74, 6) is 0. The Balaban J connectivity index is 2.57. The Morgan fingerprint density at radius 3 is 3.22 bits per heavy atom. The van der Waals surface area contributed by atoms with Crippen molar-refractivity contribution >= 4 is 22.0 Å². The molecule has 0 bridgehead atoms. The average molecular weight is 187 g/mol. The number of hydrogen-bond donors (Lipinski definition) is 1. The lowest BCUT2D eigenvalue weighted by molar-refractivity contribution is 1.31. The minimum Gasteiger partial charge on any atom is -0.345 e. The van der Waals surface area contributed by atoms with E-state index < -0.39 is 0 Å². The van der Waals surface area contributed by atoms with E-state index >= 15 is 0 Å². The van der Waals surface area contributed by atoms with Gasteiger partial charge in [-0.25, -0.2) is 4.98 Å². The van der Waals surface area contributed by atoms with Crippen molar-refractivity contribution in [3.8, 4) is 0 Å². The Morgan fingerprint density at radius 2 is 2.67 bits per heavy atom. The SMILES string of the molecule is BrCC=Cc1cnc[nH]1. The summed E-state index contributed by atoms with van der Waals surface area (Å²) in [6.45, 7) is 0. The molecule has 3 heteroatoms. The third-order valence-electron chi connectivity index (χ3n) is 0.906. The van der Waals surface area contributed by atoms with Crippen molar-refractivity contribution < 1.29 is 0 Å². The minimum absolute atomic E-state index is 0.881. The third-order valence-corrected chi connectivity index (χ3v) is 1.28. The third kappa shape index (κ3) is 2.01. The molecule has 0 aliphatic carbocycles. The summed E-state index contributed by atoms with van der Waals surface area (Å²) in [6, 6.07) is 0. The highest BCUT2D eigenvalue weighted by Crippen LogP contribution is 1.94. The van der Waals surface area contributed by atoms with E-state index in [4.69, 9.17) is 0 Å². The maximum Gasteiger partial charge on any atom is 0.0924 e. The van der Waals surface area contributed by atoms with Crippen LogP contribution < -0.4 is 0 Å². The van der Waals surface area contributed by atoms with E-state index in [0.717, 1.165) is 11.0 Å². The summed E-state index contributed by atoms with van der Waals surface area (Å²) in [6.07, 6.45) is 7.42. The molecular formula is C6H7BrN2. The number of imidazole rings is 1. The first-order chi connectivity index (χ1) is 4.43. The van der Waals surface area contributed by atoms with Crippen molar-refractivity contribution in [1.29, 1.82) is 0 Å². The molecule has 2 nitrogen and oxygen atoms in total. The Hall–Kier alpha value is -0.570. The number of hydrogen-bond acceptors (Lipinski definition) is 1. The van der Waals surface area contributed by atoms with Gasteiger partial charge in [-0.15, -0.1) is 0 Å². The molecule has 0 radical (unpaired) electrons. The average Bonchev–Trinajstić information content (AvgIpc) is 2.34. The molecule has 0 aliphatic rings. The van der Waals surface area contributed by atoms with E-state index in [9.17, 15) is 0 Å². The molecule has 0 atom stereocenters. The summed E-state index contributed by atoms with van der Waals surface area (Å²) in [5.41, 5.74) is 1.04. The second-order valence-electron chi connectivity index (χ2n) is 1.56. The first-order valence-corrected chi connectivity index (χ1v) is 3.76. The second-order valence-corrected chi connectivity index (χ2v) is 2.21. The molecule has 0 saturated heterocycles. The van der Waals surface area contributed by atoms with Gasteiger partial charge >= 0.3 is 0 Å². The van der Waals surface area contributed by atoms with E-state index in [0.29, 0.717) is 0 Å². The van der Waals surface area contributed by atoms with Gasteiger partial charge in [-0.3, -0.25) is 0 Å². The van der Waals surface area contributed by atoms with Crippen molar-refractivity contribution in [3.63, 3.8) is 0 Å². The fourth-order valence-corrected chi connectivity index (χ4v) is 0.716. The van der Waals surface area contributed by atoms with Gasteiger partial charge in [0.15, 0.2) is 0 Å². The Kier molecular flexibility index (Phi) is 2.51. The number of alkyl halides is 1. The number of nitrogens with one attached hydrogen (secondary N) is 1. The smallest absolute Gasteiger partial charge is 0.0924 e. The van der Waals surface area contributed by atoms with Crippen LogP contribution in [0.2, 0.25) is 0 Å². The molecule has 1 N–H and O–H groups in total. The number of nitrogens with zero attached hydrogens (tertiary/aromatic N) is 1. The largest absolute Gasteiger partial charge is 0.345 e. The van der Waals surface area contributed by atoms with Gasteiger partial charge < -0.3 is 4.98 Å². The zero-order valence-electron chi connectivity index (χ0n) is 4.84. The molecule has 0 fully saturated rings. The van der Waals surface area contributed by atoms with Gasteiger partial charge in [0.1, 0.15) is 0 Å². The molecule has 0 aliphatic heterocycles. The zero-order valence-corrected chi connectivity index (χ0v) is 6.43. The second kappa shape index (κ2) is 3.45. The maximum absolute atomic E-state index is 3.85. The minimum atomic E-state index is 0.881. The van der Waals surface area contributed by atoms with Gasteiger partial charge in [-0.1, -0.05) is 22.0 Å².